The van der Waals surface area contributed by atoms with Gasteiger partial charge in [0.25, 0.3) is 5.91 Å². The third-order valence-electron chi connectivity index (χ3n) is 2.81. The highest BCUT2D eigenvalue weighted by Crippen LogP contribution is 2.26. The van der Waals surface area contributed by atoms with Gasteiger partial charge in [0.2, 0.25) is 0 Å². The van der Waals surface area contributed by atoms with Crippen molar-refractivity contribution in [3.63, 3.8) is 0 Å². The predicted molar refractivity (Wildman–Crippen MR) is 89.4 cm³/mol. The van der Waals surface area contributed by atoms with Crippen molar-refractivity contribution >= 4 is 43.9 Å². The number of sulfone groups is 2. The van der Waals surface area contributed by atoms with Crippen LogP contribution in [0.15, 0.2) is 26.9 Å². The first-order valence-corrected chi connectivity index (χ1v) is 9.87. The maximum Gasteiger partial charge on any atom is 0.280 e. The Labute approximate surface area is 141 Å². The third kappa shape index (κ3) is 5.19. The number of benzene rings is 1. The molecule has 8 nitrogen and oxygen atoms in total. The fourth-order valence-corrected chi connectivity index (χ4v) is 4.30. The SMILES string of the molecule is CCc1cc(S(C)(=O)=O)c(S(C)(=O)=O)cc1C(=O)N=C(N)N.Cl. The molecule has 0 heterocycles. The number of guanidine groups is 1. The first-order valence-electron chi connectivity index (χ1n) is 6.09. The van der Waals surface area contributed by atoms with Crippen LogP contribution in [0.5, 0.6) is 0 Å². The Bertz CT molecular complexity index is 857. The maximum absolute atomic E-state index is 12.0. The molecular weight excluding hydrogens is 366 g/mol. The van der Waals surface area contributed by atoms with E-state index in [1.807, 2.05) is 0 Å². The number of hydrogen-bond donors (Lipinski definition) is 2. The average Bonchev–Trinajstić information content (AvgIpc) is 2.34. The van der Waals surface area contributed by atoms with Gasteiger partial charge in [-0.3, -0.25) is 4.79 Å². The third-order valence-corrected chi connectivity index (χ3v) is 5.21. The van der Waals surface area contributed by atoms with E-state index in [0.29, 0.717) is 12.0 Å². The predicted octanol–water partition coefficient (Wildman–Crippen LogP) is -0.109. The number of hydrogen-bond acceptors (Lipinski definition) is 5. The summed E-state index contributed by atoms with van der Waals surface area (Å²) < 4.78 is 47.3. The van der Waals surface area contributed by atoms with Gasteiger partial charge in [-0.1, -0.05) is 6.92 Å². The van der Waals surface area contributed by atoms with Crippen molar-refractivity contribution < 1.29 is 21.6 Å². The minimum Gasteiger partial charge on any atom is -0.370 e. The van der Waals surface area contributed by atoms with Gasteiger partial charge in [0.1, 0.15) is 0 Å². The van der Waals surface area contributed by atoms with Crippen LogP contribution in [-0.2, 0) is 26.1 Å². The Balaban J connectivity index is 0.00000484. The monoisotopic (exact) mass is 383 g/mol. The highest BCUT2D eigenvalue weighted by atomic mass is 35.5. The summed E-state index contributed by atoms with van der Waals surface area (Å²) in [5, 5.41) is 0. The van der Waals surface area contributed by atoms with Gasteiger partial charge < -0.3 is 11.5 Å². The lowest BCUT2D eigenvalue weighted by Crippen LogP contribution is -2.24. The topological polar surface area (TPSA) is 150 Å². The van der Waals surface area contributed by atoms with Crippen LogP contribution in [0.2, 0.25) is 0 Å². The number of carbonyl (C=O) groups excluding carboxylic acids is 1. The van der Waals surface area contributed by atoms with E-state index in [4.69, 9.17) is 11.5 Å². The van der Waals surface area contributed by atoms with Crippen LogP contribution in [0.1, 0.15) is 22.8 Å². The Morgan fingerprint density at radius 1 is 1.04 bits per heavy atom. The van der Waals surface area contributed by atoms with Crippen LogP contribution < -0.4 is 11.5 Å². The second-order valence-corrected chi connectivity index (χ2v) is 8.66. The number of aliphatic imine (C=N–C) groups is 1. The van der Waals surface area contributed by atoms with E-state index in [-0.39, 0.29) is 22.9 Å². The summed E-state index contributed by atoms with van der Waals surface area (Å²) >= 11 is 0. The highest BCUT2D eigenvalue weighted by Gasteiger charge is 2.25. The molecule has 0 aromatic heterocycles. The Kier molecular flexibility index (Phi) is 6.76. The summed E-state index contributed by atoms with van der Waals surface area (Å²) in [5.41, 5.74) is 10.6. The van der Waals surface area contributed by atoms with Gasteiger partial charge in [-0.15, -0.1) is 12.4 Å². The van der Waals surface area contributed by atoms with Crippen molar-refractivity contribution in [3.05, 3.63) is 23.3 Å². The summed E-state index contributed by atoms with van der Waals surface area (Å²) in [4.78, 5) is 14.5. The molecule has 0 fully saturated rings. The van der Waals surface area contributed by atoms with Crippen molar-refractivity contribution in [2.75, 3.05) is 12.5 Å². The van der Waals surface area contributed by atoms with Crippen LogP contribution in [0.3, 0.4) is 0 Å². The van der Waals surface area contributed by atoms with Crippen LogP contribution in [-0.4, -0.2) is 41.2 Å². The molecule has 0 aliphatic carbocycles. The lowest BCUT2D eigenvalue weighted by atomic mass is 10.0. The zero-order chi connectivity index (χ0) is 17.3. The lowest BCUT2D eigenvalue weighted by Gasteiger charge is -2.12. The lowest BCUT2D eigenvalue weighted by molar-refractivity contribution is 0.100. The van der Waals surface area contributed by atoms with Gasteiger partial charge in [0, 0.05) is 18.1 Å². The zero-order valence-electron chi connectivity index (χ0n) is 12.7. The molecule has 0 radical (unpaired) electrons. The second kappa shape index (κ2) is 7.28. The minimum absolute atomic E-state index is 0. The summed E-state index contributed by atoms with van der Waals surface area (Å²) in [6.07, 6.45) is 2.05. The number of aryl methyl sites for hydroxylation is 1. The standard InChI is InChI=1S/C12H17N3O5S2.ClH/c1-4-7-5-9(21(2,17)18)10(22(3,19)20)6-8(7)11(16)15-12(13)14;/h5-6H,4H2,1-3H3,(H4,13,14,15,16);1H. The van der Waals surface area contributed by atoms with Gasteiger partial charge >= 0.3 is 0 Å². The summed E-state index contributed by atoms with van der Waals surface area (Å²) in [7, 11) is -7.66. The number of carbonyl (C=O) groups is 1. The minimum atomic E-state index is -3.87. The Hall–Kier alpha value is -1.65. The molecule has 130 valence electrons. The number of nitrogens with two attached hydrogens (primary N) is 2. The molecule has 4 N–H and O–H groups in total. The molecular formula is C12H18ClN3O5S2. The van der Waals surface area contributed by atoms with Gasteiger partial charge in [0.15, 0.2) is 25.6 Å². The van der Waals surface area contributed by atoms with E-state index in [1.54, 1.807) is 6.92 Å². The molecule has 11 heteroatoms. The molecule has 0 saturated heterocycles. The van der Waals surface area contributed by atoms with E-state index in [9.17, 15) is 21.6 Å². The van der Waals surface area contributed by atoms with E-state index in [0.717, 1.165) is 18.6 Å². The van der Waals surface area contributed by atoms with E-state index < -0.39 is 36.4 Å². The maximum atomic E-state index is 12.0. The molecule has 0 saturated carbocycles. The van der Waals surface area contributed by atoms with Crippen LogP contribution in [0.4, 0.5) is 0 Å². The summed E-state index contributed by atoms with van der Waals surface area (Å²) in [6, 6.07) is 2.17. The zero-order valence-corrected chi connectivity index (χ0v) is 15.2. The number of nitrogens with zero attached hydrogens (tertiary/aromatic N) is 1. The van der Waals surface area contributed by atoms with E-state index >= 15 is 0 Å². The molecule has 1 rings (SSSR count). The molecule has 0 atom stereocenters. The molecule has 23 heavy (non-hydrogen) atoms. The molecule has 0 aliphatic rings. The quantitative estimate of drug-likeness (QED) is 0.543. The molecule has 0 spiro atoms. The highest BCUT2D eigenvalue weighted by molar-refractivity contribution is 7.93. The molecule has 0 unspecified atom stereocenters. The van der Waals surface area contributed by atoms with Crippen LogP contribution in [0.25, 0.3) is 0 Å². The van der Waals surface area contributed by atoms with Gasteiger partial charge in [0.05, 0.1) is 9.79 Å². The van der Waals surface area contributed by atoms with Crippen LogP contribution >= 0.6 is 12.4 Å². The largest absolute Gasteiger partial charge is 0.370 e. The first kappa shape index (κ1) is 21.4. The van der Waals surface area contributed by atoms with Crippen molar-refractivity contribution in [3.8, 4) is 0 Å². The molecule has 1 aromatic rings. The first-order chi connectivity index (χ1) is 9.87. The van der Waals surface area contributed by atoms with E-state index in [2.05, 4.69) is 4.99 Å². The number of amides is 1. The van der Waals surface area contributed by atoms with Gasteiger partial charge in [-0.05, 0) is 24.1 Å². The summed E-state index contributed by atoms with van der Waals surface area (Å²) in [6.45, 7) is 1.69. The molecule has 1 amide bonds. The van der Waals surface area contributed by atoms with Crippen molar-refractivity contribution in [2.24, 2.45) is 16.5 Å². The fraction of sp³-hybridized carbons (Fsp3) is 0.333. The number of halogens is 1. The van der Waals surface area contributed by atoms with Crippen molar-refractivity contribution in [1.82, 2.24) is 0 Å². The Morgan fingerprint density at radius 3 is 1.83 bits per heavy atom. The average molecular weight is 384 g/mol. The van der Waals surface area contributed by atoms with Crippen LogP contribution in [0, 0.1) is 0 Å². The molecule has 1 aromatic carbocycles. The molecule has 0 bridgehead atoms. The smallest absolute Gasteiger partial charge is 0.280 e. The van der Waals surface area contributed by atoms with Gasteiger partial charge in [-0.2, -0.15) is 4.99 Å². The van der Waals surface area contributed by atoms with Crippen molar-refractivity contribution in [1.29, 1.82) is 0 Å². The molecule has 0 aliphatic heterocycles. The Morgan fingerprint density at radius 2 is 1.48 bits per heavy atom. The fourth-order valence-electron chi connectivity index (χ4n) is 1.85. The normalized spacial score (nSPS) is 11.4. The summed E-state index contributed by atoms with van der Waals surface area (Å²) in [5.74, 6) is -1.30. The number of rotatable bonds is 4. The van der Waals surface area contributed by atoms with Crippen molar-refractivity contribution in [2.45, 2.75) is 23.1 Å². The van der Waals surface area contributed by atoms with Gasteiger partial charge in [-0.25, -0.2) is 16.8 Å². The second-order valence-electron chi connectivity index (χ2n) is 4.70. The van der Waals surface area contributed by atoms with E-state index in [1.165, 1.54) is 6.07 Å².